The van der Waals surface area contributed by atoms with Crippen LogP contribution in [-0.4, -0.2) is 26.8 Å². The average Bonchev–Trinajstić information content (AvgIpc) is 2.38. The predicted octanol–water partition coefficient (Wildman–Crippen LogP) is 0.896. The normalized spacial score (nSPS) is 10.0. The first-order valence-electron chi connectivity index (χ1n) is 5.13. The van der Waals surface area contributed by atoms with Gasteiger partial charge < -0.3 is 5.32 Å². The lowest BCUT2D eigenvalue weighted by Gasteiger charge is -2.03. The fourth-order valence-electron chi connectivity index (χ4n) is 1.22. The van der Waals surface area contributed by atoms with Crippen molar-refractivity contribution in [1.29, 1.82) is 0 Å². The van der Waals surface area contributed by atoms with E-state index >= 15 is 0 Å². The summed E-state index contributed by atoms with van der Waals surface area (Å²) in [5.41, 5.74) is 0.212. The Kier molecular flexibility index (Phi) is 4.08. The number of rotatable bonds is 4. The van der Waals surface area contributed by atoms with Gasteiger partial charge in [0.1, 0.15) is 5.03 Å². The summed E-state index contributed by atoms with van der Waals surface area (Å²) in [5.74, 6) is 0.0146. The van der Waals surface area contributed by atoms with E-state index in [0.29, 0.717) is 5.03 Å². The number of nitrogens with one attached hydrogen (secondary N) is 2. The molecule has 2 aromatic rings. The average molecular weight is 262 g/mol. The Labute approximate surface area is 107 Å². The summed E-state index contributed by atoms with van der Waals surface area (Å²) in [6, 6.07) is 9.15. The number of aromatic amines is 1. The van der Waals surface area contributed by atoms with Crippen LogP contribution in [-0.2, 0) is 4.79 Å². The number of benzene rings is 1. The van der Waals surface area contributed by atoms with Gasteiger partial charge in [-0.25, -0.2) is 9.89 Å². The maximum atomic E-state index is 11.6. The van der Waals surface area contributed by atoms with Crippen molar-refractivity contribution in [2.75, 3.05) is 11.1 Å². The van der Waals surface area contributed by atoms with Crippen molar-refractivity contribution in [3.05, 3.63) is 47.0 Å². The zero-order valence-electron chi connectivity index (χ0n) is 9.29. The van der Waals surface area contributed by atoms with E-state index in [2.05, 4.69) is 20.5 Å². The number of amides is 1. The maximum absolute atomic E-state index is 11.6. The van der Waals surface area contributed by atoms with Crippen LogP contribution in [0, 0.1) is 0 Å². The highest BCUT2D eigenvalue weighted by Crippen LogP contribution is 2.12. The lowest BCUT2D eigenvalue weighted by atomic mass is 10.3. The second-order valence-corrected chi connectivity index (χ2v) is 4.32. The molecule has 0 aliphatic carbocycles. The van der Waals surface area contributed by atoms with Gasteiger partial charge in [0.15, 0.2) is 0 Å². The first kappa shape index (κ1) is 12.3. The van der Waals surface area contributed by atoms with Gasteiger partial charge in [0.05, 0.1) is 11.9 Å². The van der Waals surface area contributed by atoms with Crippen LogP contribution < -0.4 is 11.0 Å². The molecule has 18 heavy (non-hydrogen) atoms. The van der Waals surface area contributed by atoms with Gasteiger partial charge >= 0.3 is 5.69 Å². The molecule has 1 heterocycles. The molecule has 0 aliphatic heterocycles. The third-order valence-electron chi connectivity index (χ3n) is 1.96. The molecule has 0 bridgehead atoms. The molecule has 1 amide bonds. The topological polar surface area (TPSA) is 87.7 Å². The summed E-state index contributed by atoms with van der Waals surface area (Å²) in [6.07, 6.45) is 1.40. The molecule has 0 spiro atoms. The van der Waals surface area contributed by atoms with Gasteiger partial charge in [0.2, 0.25) is 5.91 Å². The molecule has 7 heteroatoms. The Morgan fingerprint density at radius 3 is 2.83 bits per heavy atom. The van der Waals surface area contributed by atoms with E-state index < -0.39 is 5.69 Å². The zero-order valence-corrected chi connectivity index (χ0v) is 10.1. The van der Waals surface area contributed by atoms with Gasteiger partial charge in [0, 0.05) is 5.69 Å². The number of carbonyl (C=O) groups is 1. The van der Waals surface area contributed by atoms with E-state index in [0.717, 1.165) is 17.4 Å². The van der Waals surface area contributed by atoms with Gasteiger partial charge in [-0.15, -0.1) is 0 Å². The van der Waals surface area contributed by atoms with Crippen LogP contribution in [0.15, 0.2) is 46.3 Å². The maximum Gasteiger partial charge on any atom is 0.362 e. The zero-order chi connectivity index (χ0) is 12.8. The standard InChI is InChI=1S/C11H10N4O2S/c16-9(13-8-4-2-1-3-5-8)7-18-10-6-12-15-11(17)14-10/h1-6H,7H2,(H,13,16)(H,14,15,17). The first-order valence-corrected chi connectivity index (χ1v) is 6.12. The lowest BCUT2D eigenvalue weighted by Crippen LogP contribution is -2.15. The van der Waals surface area contributed by atoms with Crippen molar-refractivity contribution in [1.82, 2.24) is 15.2 Å². The minimum atomic E-state index is -0.525. The van der Waals surface area contributed by atoms with Gasteiger partial charge in [-0.2, -0.15) is 10.1 Å². The monoisotopic (exact) mass is 262 g/mol. The molecule has 2 rings (SSSR count). The summed E-state index contributed by atoms with van der Waals surface area (Å²) < 4.78 is 0. The molecule has 0 saturated carbocycles. The predicted molar refractivity (Wildman–Crippen MR) is 68.4 cm³/mol. The highest BCUT2D eigenvalue weighted by atomic mass is 32.2. The van der Waals surface area contributed by atoms with Gasteiger partial charge in [-0.3, -0.25) is 4.79 Å². The van der Waals surface area contributed by atoms with E-state index in [4.69, 9.17) is 0 Å². The molecular formula is C11H10N4O2S. The molecule has 92 valence electrons. The molecule has 0 atom stereocenters. The second kappa shape index (κ2) is 5.97. The van der Waals surface area contributed by atoms with E-state index in [9.17, 15) is 9.59 Å². The van der Waals surface area contributed by atoms with Crippen LogP contribution in [0.5, 0.6) is 0 Å². The molecule has 0 saturated heterocycles. The number of thioether (sulfide) groups is 1. The molecule has 0 fully saturated rings. The van der Waals surface area contributed by atoms with E-state index in [1.54, 1.807) is 12.1 Å². The molecular weight excluding hydrogens is 252 g/mol. The van der Waals surface area contributed by atoms with Crippen molar-refractivity contribution in [3.63, 3.8) is 0 Å². The molecule has 1 aromatic heterocycles. The number of H-pyrrole nitrogens is 1. The van der Waals surface area contributed by atoms with Crippen molar-refractivity contribution >= 4 is 23.4 Å². The number of carbonyl (C=O) groups excluding carboxylic acids is 1. The Hall–Kier alpha value is -2.15. The summed E-state index contributed by atoms with van der Waals surface area (Å²) in [4.78, 5) is 26.1. The van der Waals surface area contributed by atoms with Crippen molar-refractivity contribution in [2.45, 2.75) is 5.03 Å². The smallest absolute Gasteiger partial charge is 0.325 e. The number of aromatic nitrogens is 3. The molecule has 0 aliphatic rings. The van der Waals surface area contributed by atoms with Crippen LogP contribution >= 0.6 is 11.8 Å². The fraction of sp³-hybridized carbons (Fsp3) is 0.0909. The Bertz CT molecular complexity index is 585. The molecule has 0 radical (unpaired) electrons. The van der Waals surface area contributed by atoms with Gasteiger partial charge in [-0.1, -0.05) is 30.0 Å². The van der Waals surface area contributed by atoms with Gasteiger partial charge in [-0.05, 0) is 12.1 Å². The lowest BCUT2D eigenvalue weighted by molar-refractivity contribution is -0.113. The number of para-hydroxylation sites is 1. The second-order valence-electron chi connectivity index (χ2n) is 3.33. The quantitative estimate of drug-likeness (QED) is 0.799. The van der Waals surface area contributed by atoms with E-state index in [1.807, 2.05) is 18.2 Å². The van der Waals surface area contributed by atoms with Crippen molar-refractivity contribution in [3.8, 4) is 0 Å². The third kappa shape index (κ3) is 3.70. The number of hydrogen-bond acceptors (Lipinski definition) is 5. The van der Waals surface area contributed by atoms with Crippen molar-refractivity contribution in [2.24, 2.45) is 0 Å². The largest absolute Gasteiger partial charge is 0.362 e. The number of anilines is 1. The van der Waals surface area contributed by atoms with Crippen LogP contribution in [0.2, 0.25) is 0 Å². The molecule has 6 nitrogen and oxygen atoms in total. The highest BCUT2D eigenvalue weighted by molar-refractivity contribution is 7.99. The van der Waals surface area contributed by atoms with E-state index in [1.165, 1.54) is 6.20 Å². The SMILES string of the molecule is O=C(CSc1cn[nH]c(=O)n1)Nc1ccccc1. The molecule has 1 aromatic carbocycles. The minimum absolute atomic E-state index is 0.159. The Morgan fingerprint density at radius 1 is 1.33 bits per heavy atom. The van der Waals surface area contributed by atoms with Crippen LogP contribution in [0.25, 0.3) is 0 Å². The Balaban J connectivity index is 1.87. The highest BCUT2D eigenvalue weighted by Gasteiger charge is 2.04. The third-order valence-corrected chi connectivity index (χ3v) is 2.85. The number of hydrogen-bond donors (Lipinski definition) is 2. The Morgan fingerprint density at radius 2 is 2.11 bits per heavy atom. The summed E-state index contributed by atoms with van der Waals surface area (Å²) in [5, 5.41) is 8.91. The first-order chi connectivity index (χ1) is 8.74. The minimum Gasteiger partial charge on any atom is -0.325 e. The summed E-state index contributed by atoms with van der Waals surface area (Å²) in [6.45, 7) is 0. The van der Waals surface area contributed by atoms with Crippen LogP contribution in [0.3, 0.4) is 0 Å². The van der Waals surface area contributed by atoms with Crippen molar-refractivity contribution < 1.29 is 4.79 Å². The van der Waals surface area contributed by atoms with E-state index in [-0.39, 0.29) is 11.7 Å². The number of nitrogens with zero attached hydrogens (tertiary/aromatic N) is 2. The fourth-order valence-corrected chi connectivity index (χ4v) is 1.85. The van der Waals surface area contributed by atoms with Crippen LogP contribution in [0.4, 0.5) is 5.69 Å². The summed E-state index contributed by atoms with van der Waals surface area (Å²) >= 11 is 1.16. The van der Waals surface area contributed by atoms with Gasteiger partial charge in [0.25, 0.3) is 0 Å². The molecule has 0 unspecified atom stereocenters. The van der Waals surface area contributed by atoms with Crippen LogP contribution in [0.1, 0.15) is 0 Å². The molecule has 2 N–H and O–H groups in total. The summed E-state index contributed by atoms with van der Waals surface area (Å²) in [7, 11) is 0.